The van der Waals surface area contributed by atoms with Crippen molar-refractivity contribution >= 4 is 39.6 Å². The zero-order valence-electron chi connectivity index (χ0n) is 13.1. The van der Waals surface area contributed by atoms with Crippen molar-refractivity contribution < 1.29 is 14.1 Å². The molecule has 130 valence electrons. The van der Waals surface area contributed by atoms with Crippen LogP contribution < -0.4 is 5.32 Å². The van der Waals surface area contributed by atoms with Gasteiger partial charge in [-0.1, -0.05) is 27.1 Å². The molecule has 0 saturated carbocycles. The molecule has 0 aliphatic carbocycles. The van der Waals surface area contributed by atoms with Gasteiger partial charge < -0.3 is 4.42 Å². The number of halogens is 1. The Kier molecular flexibility index (Phi) is 5.18. The lowest BCUT2D eigenvalue weighted by Crippen LogP contribution is -2.07. The Balaban J connectivity index is 1.64. The molecule has 1 heterocycles. The molecule has 1 aromatic heterocycles. The summed E-state index contributed by atoms with van der Waals surface area (Å²) < 4.78 is 6.27. The summed E-state index contributed by atoms with van der Waals surface area (Å²) in [5.74, 6) is -0.186. The number of nitrogens with one attached hydrogen (secondary N) is 1. The predicted octanol–water partition coefficient (Wildman–Crippen LogP) is 4.06. The summed E-state index contributed by atoms with van der Waals surface area (Å²) in [7, 11) is 0. The lowest BCUT2D eigenvalue weighted by atomic mass is 10.2. The molecule has 3 aromatic rings. The summed E-state index contributed by atoms with van der Waals surface area (Å²) in [6.45, 7) is 0. The van der Waals surface area contributed by atoms with Gasteiger partial charge in [0.05, 0.1) is 4.92 Å². The first kappa shape index (κ1) is 17.5. The van der Waals surface area contributed by atoms with Crippen molar-refractivity contribution in [3.63, 3.8) is 0 Å². The number of aromatic nitrogens is 2. The average Bonchev–Trinajstić information content (AvgIpc) is 3.09. The van der Waals surface area contributed by atoms with Gasteiger partial charge in [0.25, 0.3) is 11.6 Å². The number of carbonyl (C=O) groups excluding carboxylic acids is 1. The molecule has 1 N–H and O–H groups in total. The standard InChI is InChI=1S/C17H11BrN4O4/c18-13-3-1-2-12(10-13)16-20-21-17(26-16)19-15(23)9-6-11-4-7-14(8-5-11)22(24)25/h1-10H,(H,19,21,23)/b9-6+. The maximum absolute atomic E-state index is 11.9. The Morgan fingerprint density at radius 3 is 2.65 bits per heavy atom. The van der Waals surface area contributed by atoms with Crippen molar-refractivity contribution in [1.29, 1.82) is 0 Å². The number of amides is 1. The Morgan fingerprint density at radius 2 is 1.96 bits per heavy atom. The van der Waals surface area contributed by atoms with Crippen molar-refractivity contribution in [3.05, 3.63) is 74.8 Å². The molecule has 26 heavy (non-hydrogen) atoms. The first-order valence-corrected chi connectivity index (χ1v) is 8.13. The van der Waals surface area contributed by atoms with Crippen molar-refractivity contribution in [2.24, 2.45) is 0 Å². The van der Waals surface area contributed by atoms with Crippen LogP contribution in [0.1, 0.15) is 5.56 Å². The second-order valence-electron chi connectivity index (χ2n) is 5.09. The summed E-state index contributed by atoms with van der Waals surface area (Å²) >= 11 is 3.36. The summed E-state index contributed by atoms with van der Waals surface area (Å²) in [6.07, 6.45) is 2.79. The summed E-state index contributed by atoms with van der Waals surface area (Å²) in [6, 6.07) is 13.1. The number of anilines is 1. The number of non-ortho nitro benzene ring substituents is 1. The zero-order valence-corrected chi connectivity index (χ0v) is 14.7. The number of rotatable bonds is 5. The molecule has 0 radical (unpaired) electrons. The number of carbonyl (C=O) groups is 1. The van der Waals surface area contributed by atoms with E-state index in [2.05, 4.69) is 31.4 Å². The fourth-order valence-corrected chi connectivity index (χ4v) is 2.44. The first-order chi connectivity index (χ1) is 12.5. The van der Waals surface area contributed by atoms with Crippen LogP contribution in [0, 0.1) is 10.1 Å². The lowest BCUT2D eigenvalue weighted by molar-refractivity contribution is -0.384. The molecule has 0 aliphatic heterocycles. The van der Waals surface area contributed by atoms with Crippen molar-refractivity contribution in [2.75, 3.05) is 5.32 Å². The number of nitro benzene ring substituents is 1. The summed E-state index contributed by atoms with van der Waals surface area (Å²) in [5, 5.41) is 20.7. The molecule has 0 bridgehead atoms. The van der Waals surface area contributed by atoms with Crippen LogP contribution >= 0.6 is 15.9 Å². The van der Waals surface area contributed by atoms with Gasteiger partial charge in [0.2, 0.25) is 5.89 Å². The molecule has 9 heteroatoms. The van der Waals surface area contributed by atoms with Crippen molar-refractivity contribution in [2.45, 2.75) is 0 Å². The van der Waals surface area contributed by atoms with Crippen LogP contribution in [0.15, 0.2) is 63.5 Å². The highest BCUT2D eigenvalue weighted by atomic mass is 79.9. The molecule has 0 aliphatic rings. The number of benzene rings is 2. The minimum atomic E-state index is -0.487. The summed E-state index contributed by atoms with van der Waals surface area (Å²) in [4.78, 5) is 22.0. The largest absolute Gasteiger partial charge is 0.403 e. The molecule has 0 unspecified atom stereocenters. The van der Waals surface area contributed by atoms with Crippen molar-refractivity contribution in [1.82, 2.24) is 10.2 Å². The first-order valence-electron chi connectivity index (χ1n) is 7.34. The Bertz CT molecular complexity index is 982. The quantitative estimate of drug-likeness (QED) is 0.382. The number of nitro groups is 1. The fourth-order valence-electron chi connectivity index (χ4n) is 2.04. The smallest absolute Gasteiger partial charge is 0.322 e. The maximum Gasteiger partial charge on any atom is 0.322 e. The monoisotopic (exact) mass is 414 g/mol. The van der Waals surface area contributed by atoms with Gasteiger partial charge in [-0.25, -0.2) is 0 Å². The van der Waals surface area contributed by atoms with E-state index in [9.17, 15) is 14.9 Å². The fraction of sp³-hybridized carbons (Fsp3) is 0. The number of nitrogens with zero attached hydrogens (tertiary/aromatic N) is 3. The van der Waals surface area contributed by atoms with Gasteiger partial charge in [0, 0.05) is 28.2 Å². The van der Waals surface area contributed by atoms with E-state index < -0.39 is 10.8 Å². The molecule has 0 saturated heterocycles. The third-order valence-corrected chi connectivity index (χ3v) is 3.75. The normalized spacial score (nSPS) is 10.8. The Labute approximate surface area is 155 Å². The molecule has 1 amide bonds. The molecule has 0 fully saturated rings. The Hall–Kier alpha value is -3.33. The van der Waals surface area contributed by atoms with Crippen LogP contribution in [-0.4, -0.2) is 21.0 Å². The predicted molar refractivity (Wildman–Crippen MR) is 98.2 cm³/mol. The second-order valence-corrected chi connectivity index (χ2v) is 6.01. The lowest BCUT2D eigenvalue weighted by Gasteiger charge is -1.96. The third-order valence-electron chi connectivity index (χ3n) is 3.26. The van der Waals surface area contributed by atoms with Gasteiger partial charge in [0.1, 0.15) is 0 Å². The van der Waals surface area contributed by atoms with Gasteiger partial charge in [-0.2, -0.15) is 0 Å². The molecule has 0 spiro atoms. The highest BCUT2D eigenvalue weighted by molar-refractivity contribution is 9.10. The van der Waals surface area contributed by atoms with Gasteiger partial charge in [0.15, 0.2) is 0 Å². The topological polar surface area (TPSA) is 111 Å². The van der Waals surface area contributed by atoms with E-state index >= 15 is 0 Å². The van der Waals surface area contributed by atoms with E-state index in [1.807, 2.05) is 18.2 Å². The molecule has 2 aromatic carbocycles. The number of hydrogen-bond donors (Lipinski definition) is 1. The molecule has 8 nitrogen and oxygen atoms in total. The SMILES string of the molecule is O=C(/C=C/c1ccc([N+](=O)[O-])cc1)Nc1nnc(-c2cccc(Br)c2)o1. The molecular weight excluding hydrogens is 404 g/mol. The molecule has 0 atom stereocenters. The van der Waals surface area contributed by atoms with Crippen LogP contribution in [0.4, 0.5) is 11.7 Å². The van der Waals surface area contributed by atoms with E-state index in [0.717, 1.165) is 4.47 Å². The van der Waals surface area contributed by atoms with E-state index in [1.54, 1.807) is 18.2 Å². The second kappa shape index (κ2) is 7.70. The van der Waals surface area contributed by atoms with E-state index in [0.29, 0.717) is 11.1 Å². The highest BCUT2D eigenvalue weighted by Gasteiger charge is 2.10. The van der Waals surface area contributed by atoms with Crippen LogP contribution in [0.5, 0.6) is 0 Å². The van der Waals surface area contributed by atoms with Crippen LogP contribution in [-0.2, 0) is 4.79 Å². The average molecular weight is 415 g/mol. The highest BCUT2D eigenvalue weighted by Crippen LogP contribution is 2.23. The van der Waals surface area contributed by atoms with E-state index in [-0.39, 0.29) is 17.6 Å². The summed E-state index contributed by atoms with van der Waals surface area (Å²) in [5.41, 5.74) is 1.34. The van der Waals surface area contributed by atoms with Gasteiger partial charge >= 0.3 is 6.01 Å². The van der Waals surface area contributed by atoms with Gasteiger partial charge in [-0.15, -0.1) is 5.10 Å². The van der Waals surface area contributed by atoms with Gasteiger partial charge in [-0.3, -0.25) is 20.2 Å². The Morgan fingerprint density at radius 1 is 1.19 bits per heavy atom. The van der Waals surface area contributed by atoms with E-state index in [4.69, 9.17) is 4.42 Å². The zero-order chi connectivity index (χ0) is 18.5. The van der Waals surface area contributed by atoms with Crippen LogP contribution in [0.3, 0.4) is 0 Å². The van der Waals surface area contributed by atoms with Crippen molar-refractivity contribution in [3.8, 4) is 11.5 Å². The van der Waals surface area contributed by atoms with Crippen LogP contribution in [0.25, 0.3) is 17.5 Å². The van der Waals surface area contributed by atoms with E-state index in [1.165, 1.54) is 24.3 Å². The molecule has 3 rings (SSSR count). The maximum atomic E-state index is 11.9. The third kappa shape index (κ3) is 4.39. The number of hydrogen-bond acceptors (Lipinski definition) is 6. The minimum Gasteiger partial charge on any atom is -0.403 e. The minimum absolute atomic E-state index is 0.0162. The van der Waals surface area contributed by atoms with Crippen LogP contribution in [0.2, 0.25) is 0 Å². The molecular formula is C17H11BrN4O4. The van der Waals surface area contributed by atoms with Gasteiger partial charge in [-0.05, 0) is 42.0 Å².